The Morgan fingerprint density at radius 2 is 1.52 bits per heavy atom. The average molecular weight is 320 g/mol. The molecule has 23 heavy (non-hydrogen) atoms. The van der Waals surface area contributed by atoms with Gasteiger partial charge in [0.1, 0.15) is 0 Å². The Labute approximate surface area is 138 Å². The van der Waals surface area contributed by atoms with Crippen LogP contribution in [0.4, 0.5) is 4.79 Å². The van der Waals surface area contributed by atoms with E-state index in [0.29, 0.717) is 0 Å². The molecule has 128 valence electrons. The third-order valence-corrected chi connectivity index (χ3v) is 4.26. The zero-order chi connectivity index (χ0) is 17.8. The molecule has 5 heteroatoms. The molecule has 2 amide bonds. The minimum Gasteiger partial charge on any atom is -0.432 e. The molecule has 1 atom stereocenters. The van der Waals surface area contributed by atoms with Gasteiger partial charge < -0.3 is 15.8 Å². The van der Waals surface area contributed by atoms with Crippen molar-refractivity contribution in [1.82, 2.24) is 5.32 Å². The highest BCUT2D eigenvalue weighted by molar-refractivity contribution is 5.88. The molecule has 1 aromatic carbocycles. The Morgan fingerprint density at radius 3 is 1.91 bits per heavy atom. The molecule has 0 aliphatic carbocycles. The summed E-state index contributed by atoms with van der Waals surface area (Å²) in [7, 11) is 0. The van der Waals surface area contributed by atoms with Crippen LogP contribution in [-0.2, 0) is 9.53 Å². The maximum atomic E-state index is 12.9. The Hall–Kier alpha value is -2.04. The zero-order valence-electron chi connectivity index (χ0n) is 14.8. The fourth-order valence-electron chi connectivity index (χ4n) is 2.89. The number of ether oxygens (including phenoxy) is 1. The molecule has 0 saturated carbocycles. The molecule has 0 fully saturated rings. The van der Waals surface area contributed by atoms with Gasteiger partial charge in [0.15, 0.2) is 5.60 Å². The lowest BCUT2D eigenvalue weighted by atomic mass is 9.79. The molecule has 1 rings (SSSR count). The van der Waals surface area contributed by atoms with Gasteiger partial charge in [-0.25, -0.2) is 4.79 Å². The van der Waals surface area contributed by atoms with Gasteiger partial charge in [-0.1, -0.05) is 57.5 Å². The maximum absolute atomic E-state index is 12.9. The Kier molecular flexibility index (Phi) is 6.19. The molecule has 0 aromatic heterocycles. The first kappa shape index (κ1) is 19.0. The average Bonchev–Trinajstić information content (AvgIpc) is 2.44. The van der Waals surface area contributed by atoms with Crippen LogP contribution in [0.3, 0.4) is 0 Å². The normalized spacial score (nSPS) is 13.0. The van der Waals surface area contributed by atoms with Crippen molar-refractivity contribution in [2.45, 2.75) is 53.2 Å². The van der Waals surface area contributed by atoms with E-state index >= 15 is 0 Å². The van der Waals surface area contributed by atoms with Gasteiger partial charge in [-0.05, 0) is 19.4 Å². The summed E-state index contributed by atoms with van der Waals surface area (Å²) in [5.74, 6) is -0.741. The van der Waals surface area contributed by atoms with Crippen molar-refractivity contribution in [3.8, 4) is 0 Å². The van der Waals surface area contributed by atoms with E-state index in [-0.39, 0.29) is 23.8 Å². The summed E-state index contributed by atoms with van der Waals surface area (Å²) in [6, 6.07) is 7.74. The van der Waals surface area contributed by atoms with E-state index in [1.807, 2.05) is 65.8 Å². The van der Waals surface area contributed by atoms with Crippen molar-refractivity contribution in [1.29, 1.82) is 0 Å². The second kappa shape index (κ2) is 7.49. The Morgan fingerprint density at radius 1 is 1.04 bits per heavy atom. The minimum atomic E-state index is -1.29. The van der Waals surface area contributed by atoms with Crippen LogP contribution >= 0.6 is 0 Å². The number of rotatable bonds is 6. The van der Waals surface area contributed by atoms with E-state index in [2.05, 4.69) is 5.32 Å². The van der Waals surface area contributed by atoms with Crippen molar-refractivity contribution in [3.63, 3.8) is 0 Å². The molecule has 1 unspecified atom stereocenters. The molecule has 0 aliphatic heterocycles. The summed E-state index contributed by atoms with van der Waals surface area (Å²) in [5.41, 5.74) is 6.07. The number of carbonyl (C=O) groups excluding carboxylic acids is 2. The number of nitrogens with two attached hydrogens (primary N) is 1. The van der Waals surface area contributed by atoms with Gasteiger partial charge in [0.05, 0.1) is 6.04 Å². The van der Waals surface area contributed by atoms with Crippen LogP contribution in [0.2, 0.25) is 0 Å². The smallest absolute Gasteiger partial charge is 0.405 e. The van der Waals surface area contributed by atoms with Gasteiger partial charge in [0.25, 0.3) is 5.91 Å². The van der Waals surface area contributed by atoms with Gasteiger partial charge in [0, 0.05) is 11.8 Å². The quantitative estimate of drug-likeness (QED) is 0.843. The molecule has 5 nitrogen and oxygen atoms in total. The first-order chi connectivity index (χ1) is 10.6. The van der Waals surface area contributed by atoms with Crippen molar-refractivity contribution < 1.29 is 14.3 Å². The second-order valence-corrected chi connectivity index (χ2v) is 6.63. The van der Waals surface area contributed by atoms with Crippen molar-refractivity contribution >= 4 is 12.0 Å². The highest BCUT2D eigenvalue weighted by Gasteiger charge is 2.48. The topological polar surface area (TPSA) is 81.4 Å². The first-order valence-corrected chi connectivity index (χ1v) is 7.97. The lowest BCUT2D eigenvalue weighted by Gasteiger charge is -2.39. The van der Waals surface area contributed by atoms with Crippen LogP contribution in [-0.4, -0.2) is 17.6 Å². The number of amides is 2. The van der Waals surface area contributed by atoms with E-state index in [9.17, 15) is 9.59 Å². The van der Waals surface area contributed by atoms with Gasteiger partial charge in [-0.15, -0.1) is 0 Å². The molecule has 0 spiro atoms. The third kappa shape index (κ3) is 4.24. The van der Waals surface area contributed by atoms with E-state index in [4.69, 9.17) is 10.5 Å². The largest absolute Gasteiger partial charge is 0.432 e. The first-order valence-electron chi connectivity index (χ1n) is 7.97. The van der Waals surface area contributed by atoms with Gasteiger partial charge in [-0.3, -0.25) is 4.79 Å². The summed E-state index contributed by atoms with van der Waals surface area (Å²) >= 11 is 0. The lowest BCUT2D eigenvalue weighted by Crippen LogP contribution is -2.58. The standard InChI is InChI=1S/C18H28N2O3/c1-11(2)18(12(3)4,23-17(19)22)16(21)20-14(6)15-9-7-13(5)8-10-15/h7-12,14H,1-6H3,(H2,19,22)(H,20,21). The lowest BCUT2D eigenvalue weighted by molar-refractivity contribution is -0.151. The summed E-state index contributed by atoms with van der Waals surface area (Å²) in [6.07, 6.45) is -0.939. The van der Waals surface area contributed by atoms with Crippen molar-refractivity contribution in [2.75, 3.05) is 0 Å². The molecule has 0 heterocycles. The summed E-state index contributed by atoms with van der Waals surface area (Å²) in [6.45, 7) is 11.3. The number of carbonyl (C=O) groups is 2. The van der Waals surface area contributed by atoms with Crippen molar-refractivity contribution in [3.05, 3.63) is 35.4 Å². The second-order valence-electron chi connectivity index (χ2n) is 6.63. The molecule has 0 radical (unpaired) electrons. The summed E-state index contributed by atoms with van der Waals surface area (Å²) in [4.78, 5) is 24.2. The molecule has 1 aromatic rings. The monoisotopic (exact) mass is 320 g/mol. The third-order valence-electron chi connectivity index (χ3n) is 4.26. The maximum Gasteiger partial charge on any atom is 0.405 e. The van der Waals surface area contributed by atoms with Crippen LogP contribution in [0.1, 0.15) is 51.8 Å². The number of hydrogen-bond acceptors (Lipinski definition) is 3. The van der Waals surface area contributed by atoms with Crippen LogP contribution in [0.25, 0.3) is 0 Å². The van der Waals surface area contributed by atoms with Crippen LogP contribution in [0.15, 0.2) is 24.3 Å². The predicted octanol–water partition coefficient (Wildman–Crippen LogP) is 3.32. The highest BCUT2D eigenvalue weighted by atomic mass is 16.6. The summed E-state index contributed by atoms with van der Waals surface area (Å²) in [5, 5.41) is 2.95. The van der Waals surface area contributed by atoms with Gasteiger partial charge in [-0.2, -0.15) is 0 Å². The van der Waals surface area contributed by atoms with Gasteiger partial charge in [0.2, 0.25) is 0 Å². The molecule has 0 aliphatic rings. The predicted molar refractivity (Wildman–Crippen MR) is 90.8 cm³/mol. The fraction of sp³-hybridized carbons (Fsp3) is 0.556. The fourth-order valence-corrected chi connectivity index (χ4v) is 2.89. The molecule has 0 saturated heterocycles. The molecular formula is C18H28N2O3. The highest BCUT2D eigenvalue weighted by Crippen LogP contribution is 2.32. The van der Waals surface area contributed by atoms with E-state index in [0.717, 1.165) is 11.1 Å². The minimum absolute atomic E-state index is 0.198. The Balaban J connectivity index is 3.05. The molecule has 0 bridgehead atoms. The number of aryl methyl sites for hydroxylation is 1. The Bertz CT molecular complexity index is 542. The van der Waals surface area contributed by atoms with E-state index in [1.165, 1.54) is 0 Å². The van der Waals surface area contributed by atoms with Crippen LogP contribution in [0.5, 0.6) is 0 Å². The molecular weight excluding hydrogens is 292 g/mol. The van der Waals surface area contributed by atoms with E-state index < -0.39 is 11.7 Å². The number of benzene rings is 1. The number of primary amides is 1. The number of nitrogens with one attached hydrogen (secondary N) is 1. The molecule has 3 N–H and O–H groups in total. The summed E-state index contributed by atoms with van der Waals surface area (Å²) < 4.78 is 5.31. The van der Waals surface area contributed by atoms with E-state index in [1.54, 1.807) is 0 Å². The zero-order valence-corrected chi connectivity index (χ0v) is 14.8. The van der Waals surface area contributed by atoms with Gasteiger partial charge >= 0.3 is 6.09 Å². The number of hydrogen-bond donors (Lipinski definition) is 2. The SMILES string of the molecule is Cc1ccc(C(C)NC(=O)C(OC(N)=O)(C(C)C)C(C)C)cc1. The van der Waals surface area contributed by atoms with Crippen LogP contribution < -0.4 is 11.1 Å². The van der Waals surface area contributed by atoms with Crippen LogP contribution in [0, 0.1) is 18.8 Å². The van der Waals surface area contributed by atoms with Crippen molar-refractivity contribution in [2.24, 2.45) is 17.6 Å².